The number of Topliss-reactive ketones (excluding diaryl/α,β-unsaturated/α-hetero) is 1. The molecule has 0 spiro atoms. The second kappa shape index (κ2) is 5.38. The van der Waals surface area contributed by atoms with Crippen LogP contribution in [0.5, 0.6) is 0 Å². The summed E-state index contributed by atoms with van der Waals surface area (Å²) in [6.45, 7) is 0. The fourth-order valence-electron chi connectivity index (χ4n) is 1.38. The van der Waals surface area contributed by atoms with E-state index in [1.165, 1.54) is 6.33 Å². The third-order valence-corrected chi connectivity index (χ3v) is 3.08. The number of aromatic nitrogens is 2. The summed E-state index contributed by atoms with van der Waals surface area (Å²) in [5.41, 5.74) is 1.19. The zero-order chi connectivity index (χ0) is 12.3. The van der Waals surface area contributed by atoms with Crippen molar-refractivity contribution in [2.45, 2.75) is 6.42 Å². The molecule has 0 aliphatic rings. The van der Waals surface area contributed by atoms with Gasteiger partial charge in [0.25, 0.3) is 0 Å². The first kappa shape index (κ1) is 12.2. The average molecular weight is 312 g/mol. The third kappa shape index (κ3) is 3.11. The summed E-state index contributed by atoms with van der Waals surface area (Å²) in [5, 5.41) is 0.571. The number of hydrogen-bond donors (Lipinski definition) is 0. The van der Waals surface area contributed by atoms with Crippen LogP contribution in [0.1, 0.15) is 16.1 Å². The predicted octanol–water partition coefficient (Wildman–Crippen LogP) is 3.32. The molecule has 86 valence electrons. The Balaban J connectivity index is 2.19. The highest BCUT2D eigenvalue weighted by Gasteiger charge is 2.10. The lowest BCUT2D eigenvalue weighted by atomic mass is 10.1. The molecule has 5 heteroatoms. The van der Waals surface area contributed by atoms with Gasteiger partial charge >= 0.3 is 0 Å². The highest BCUT2D eigenvalue weighted by atomic mass is 79.9. The van der Waals surface area contributed by atoms with Gasteiger partial charge in [-0.1, -0.05) is 33.6 Å². The maximum Gasteiger partial charge on any atom is 0.185 e. The Labute approximate surface area is 112 Å². The summed E-state index contributed by atoms with van der Waals surface area (Å²) in [5.74, 6) is -0.0726. The van der Waals surface area contributed by atoms with Gasteiger partial charge in [-0.2, -0.15) is 0 Å². The molecular formula is C12H8BrClN2O. The van der Waals surface area contributed by atoms with Crippen LogP contribution in [0.15, 0.2) is 41.3 Å². The highest BCUT2D eigenvalue weighted by molar-refractivity contribution is 9.10. The van der Waals surface area contributed by atoms with Crippen molar-refractivity contribution < 1.29 is 4.79 Å². The molecule has 0 aliphatic carbocycles. The topological polar surface area (TPSA) is 42.9 Å². The molecule has 0 atom stereocenters. The van der Waals surface area contributed by atoms with Crippen molar-refractivity contribution >= 4 is 33.3 Å². The fourth-order valence-corrected chi connectivity index (χ4v) is 2.12. The molecule has 1 aromatic heterocycles. The summed E-state index contributed by atoms with van der Waals surface area (Å²) in [4.78, 5) is 19.6. The third-order valence-electron chi connectivity index (χ3n) is 2.23. The SMILES string of the molecule is O=C(Cc1ccc(Br)cc1Cl)c1ccncn1. The van der Waals surface area contributed by atoms with Crippen molar-refractivity contribution in [3.8, 4) is 0 Å². The molecule has 3 nitrogen and oxygen atoms in total. The minimum Gasteiger partial charge on any atom is -0.292 e. The summed E-state index contributed by atoms with van der Waals surface area (Å²) < 4.78 is 0.890. The summed E-state index contributed by atoms with van der Waals surface area (Å²) in [6, 6.07) is 7.04. The van der Waals surface area contributed by atoms with E-state index in [0.717, 1.165) is 10.0 Å². The van der Waals surface area contributed by atoms with Gasteiger partial charge in [-0.25, -0.2) is 9.97 Å². The van der Waals surface area contributed by atoms with Crippen molar-refractivity contribution in [2.24, 2.45) is 0 Å². The smallest absolute Gasteiger partial charge is 0.185 e. The van der Waals surface area contributed by atoms with Crippen molar-refractivity contribution in [3.63, 3.8) is 0 Å². The maximum absolute atomic E-state index is 11.9. The van der Waals surface area contributed by atoms with E-state index >= 15 is 0 Å². The van der Waals surface area contributed by atoms with E-state index in [4.69, 9.17) is 11.6 Å². The van der Waals surface area contributed by atoms with Crippen LogP contribution in [0, 0.1) is 0 Å². The van der Waals surface area contributed by atoms with Gasteiger partial charge in [0.05, 0.1) is 0 Å². The molecule has 0 amide bonds. The largest absolute Gasteiger partial charge is 0.292 e. The first-order valence-corrected chi connectivity index (χ1v) is 6.07. The molecule has 0 unspecified atom stereocenters. The minimum absolute atomic E-state index is 0.0726. The minimum atomic E-state index is -0.0726. The first-order valence-electron chi connectivity index (χ1n) is 4.90. The molecule has 0 fully saturated rings. The van der Waals surface area contributed by atoms with E-state index < -0.39 is 0 Å². The van der Waals surface area contributed by atoms with E-state index in [-0.39, 0.29) is 12.2 Å². The van der Waals surface area contributed by atoms with Crippen LogP contribution in [0.4, 0.5) is 0 Å². The van der Waals surface area contributed by atoms with Gasteiger partial charge in [-0.3, -0.25) is 4.79 Å². The molecule has 0 N–H and O–H groups in total. The summed E-state index contributed by atoms with van der Waals surface area (Å²) in [7, 11) is 0. The van der Waals surface area contributed by atoms with Crippen LogP contribution >= 0.6 is 27.5 Å². The zero-order valence-electron chi connectivity index (χ0n) is 8.73. The Morgan fingerprint density at radius 1 is 1.35 bits per heavy atom. The van der Waals surface area contributed by atoms with Gasteiger partial charge < -0.3 is 0 Å². The molecule has 0 saturated heterocycles. The number of halogens is 2. The average Bonchev–Trinajstić information content (AvgIpc) is 2.34. The van der Waals surface area contributed by atoms with Crippen molar-refractivity contribution in [2.75, 3.05) is 0 Å². The summed E-state index contributed by atoms with van der Waals surface area (Å²) in [6.07, 6.45) is 3.14. The van der Waals surface area contributed by atoms with E-state index in [0.29, 0.717) is 10.7 Å². The van der Waals surface area contributed by atoms with Crippen molar-refractivity contribution in [1.29, 1.82) is 0 Å². The number of carbonyl (C=O) groups excluding carboxylic acids is 1. The Morgan fingerprint density at radius 2 is 2.18 bits per heavy atom. The molecule has 2 aromatic rings. The standard InChI is InChI=1S/C12H8BrClN2O/c13-9-2-1-8(10(14)6-9)5-12(17)11-3-4-15-7-16-11/h1-4,6-7H,5H2. The Kier molecular flexibility index (Phi) is 3.86. The van der Waals surface area contributed by atoms with Crippen LogP contribution in [-0.4, -0.2) is 15.8 Å². The quantitative estimate of drug-likeness (QED) is 0.817. The molecule has 1 heterocycles. The number of nitrogens with zero attached hydrogens (tertiary/aromatic N) is 2. The molecule has 0 aliphatic heterocycles. The molecule has 0 saturated carbocycles. The summed E-state index contributed by atoms with van der Waals surface area (Å²) >= 11 is 9.36. The molecule has 17 heavy (non-hydrogen) atoms. The number of hydrogen-bond acceptors (Lipinski definition) is 3. The lowest BCUT2D eigenvalue weighted by Crippen LogP contribution is -2.06. The van der Waals surface area contributed by atoms with Crippen LogP contribution < -0.4 is 0 Å². The van der Waals surface area contributed by atoms with Crippen LogP contribution in [0.3, 0.4) is 0 Å². The number of carbonyl (C=O) groups is 1. The Hall–Kier alpha value is -1.26. The maximum atomic E-state index is 11.9. The van der Waals surface area contributed by atoms with Gasteiger partial charge in [0.15, 0.2) is 5.78 Å². The van der Waals surface area contributed by atoms with Crippen molar-refractivity contribution in [1.82, 2.24) is 9.97 Å². The van der Waals surface area contributed by atoms with E-state index in [2.05, 4.69) is 25.9 Å². The monoisotopic (exact) mass is 310 g/mol. The lowest BCUT2D eigenvalue weighted by molar-refractivity contribution is 0.0988. The van der Waals surface area contributed by atoms with Gasteiger partial charge in [0, 0.05) is 22.1 Å². The van der Waals surface area contributed by atoms with Gasteiger partial charge in [0.1, 0.15) is 12.0 Å². The van der Waals surface area contributed by atoms with Gasteiger partial charge in [-0.05, 0) is 23.8 Å². The van der Waals surface area contributed by atoms with E-state index in [1.807, 2.05) is 12.1 Å². The van der Waals surface area contributed by atoms with Crippen LogP contribution in [-0.2, 0) is 6.42 Å². The molecule has 1 aromatic carbocycles. The zero-order valence-corrected chi connectivity index (χ0v) is 11.1. The second-order valence-electron chi connectivity index (χ2n) is 3.43. The predicted molar refractivity (Wildman–Crippen MR) is 69.2 cm³/mol. The van der Waals surface area contributed by atoms with Crippen molar-refractivity contribution in [3.05, 3.63) is 57.5 Å². The molecule has 0 bridgehead atoms. The normalized spacial score (nSPS) is 10.2. The van der Waals surface area contributed by atoms with Crippen LogP contribution in [0.2, 0.25) is 5.02 Å². The highest BCUT2D eigenvalue weighted by Crippen LogP contribution is 2.22. The fraction of sp³-hybridized carbons (Fsp3) is 0.0833. The van der Waals surface area contributed by atoms with E-state index in [9.17, 15) is 4.79 Å². The van der Waals surface area contributed by atoms with Gasteiger partial charge in [0.2, 0.25) is 0 Å². The van der Waals surface area contributed by atoms with E-state index in [1.54, 1.807) is 18.3 Å². The second-order valence-corrected chi connectivity index (χ2v) is 4.75. The van der Waals surface area contributed by atoms with Crippen LogP contribution in [0.25, 0.3) is 0 Å². The molecule has 0 radical (unpaired) electrons. The first-order chi connectivity index (χ1) is 8.16. The number of benzene rings is 1. The Morgan fingerprint density at radius 3 is 2.82 bits per heavy atom. The number of ketones is 1. The molecule has 2 rings (SSSR count). The molecular weight excluding hydrogens is 304 g/mol. The van der Waals surface area contributed by atoms with Gasteiger partial charge in [-0.15, -0.1) is 0 Å². The number of rotatable bonds is 3. The Bertz CT molecular complexity index is 545. The lowest BCUT2D eigenvalue weighted by Gasteiger charge is -2.03.